The van der Waals surface area contributed by atoms with E-state index in [0.717, 1.165) is 10.5 Å². The number of amides is 1. The molecule has 0 unspecified atom stereocenters. The van der Waals surface area contributed by atoms with E-state index in [1.165, 1.54) is 0 Å². The fourth-order valence-corrected chi connectivity index (χ4v) is 2.46. The zero-order valence-electron chi connectivity index (χ0n) is 12.7. The number of rotatable bonds is 4. The molecular weight excluding hydrogens is 376 g/mol. The Morgan fingerprint density at radius 1 is 1.29 bits per heavy atom. The number of nitrogens with one attached hydrogen (secondary N) is 1. The monoisotopic (exact) mass is 388 g/mol. The number of hydrogen-bond donors (Lipinski definition) is 1. The van der Waals surface area contributed by atoms with Crippen molar-refractivity contribution in [2.75, 3.05) is 11.9 Å². The topological polar surface area (TPSA) is 81.4 Å². The van der Waals surface area contributed by atoms with E-state index in [1.807, 2.05) is 6.92 Å². The van der Waals surface area contributed by atoms with Gasteiger partial charge in [0.05, 0.1) is 12.2 Å². The van der Waals surface area contributed by atoms with Crippen molar-refractivity contribution in [3.63, 3.8) is 0 Å². The molecule has 1 amide bonds. The standard InChI is InChI=1S/C17H13BrN2O4/c1-2-23-11-4-5-12-13(8-16(21)24-14(12)7-11)17(22)20-15-6-3-10(18)9-19-15/h3-9H,2H2,1H3,(H,19,20,22). The van der Waals surface area contributed by atoms with Crippen LogP contribution in [0, 0.1) is 0 Å². The summed E-state index contributed by atoms with van der Waals surface area (Å²) >= 11 is 3.28. The van der Waals surface area contributed by atoms with Gasteiger partial charge in [0.15, 0.2) is 0 Å². The predicted octanol–water partition coefficient (Wildman–Crippen LogP) is 3.60. The van der Waals surface area contributed by atoms with Crippen molar-refractivity contribution in [3.05, 3.63) is 63.1 Å². The molecule has 1 N–H and O–H groups in total. The number of nitrogens with zero attached hydrogens (tertiary/aromatic N) is 1. The Morgan fingerprint density at radius 3 is 2.83 bits per heavy atom. The van der Waals surface area contributed by atoms with Gasteiger partial charge >= 0.3 is 5.63 Å². The van der Waals surface area contributed by atoms with Crippen LogP contribution < -0.4 is 15.7 Å². The average molecular weight is 389 g/mol. The average Bonchev–Trinajstić information content (AvgIpc) is 2.56. The summed E-state index contributed by atoms with van der Waals surface area (Å²) in [6.07, 6.45) is 1.57. The summed E-state index contributed by atoms with van der Waals surface area (Å²) in [5.74, 6) is 0.516. The van der Waals surface area contributed by atoms with Gasteiger partial charge in [-0.05, 0) is 47.1 Å². The van der Waals surface area contributed by atoms with E-state index in [0.29, 0.717) is 29.1 Å². The number of aromatic nitrogens is 1. The molecule has 1 aromatic carbocycles. The minimum absolute atomic E-state index is 0.217. The highest BCUT2D eigenvalue weighted by Crippen LogP contribution is 2.23. The van der Waals surface area contributed by atoms with Crippen molar-refractivity contribution in [1.82, 2.24) is 4.98 Å². The fourth-order valence-electron chi connectivity index (χ4n) is 2.22. The van der Waals surface area contributed by atoms with Gasteiger partial charge in [0.25, 0.3) is 5.91 Å². The Bertz CT molecular complexity index is 951. The molecule has 0 spiro atoms. The first-order valence-electron chi connectivity index (χ1n) is 7.20. The molecule has 0 radical (unpaired) electrons. The molecule has 0 bridgehead atoms. The lowest BCUT2D eigenvalue weighted by Crippen LogP contribution is -2.15. The van der Waals surface area contributed by atoms with Gasteiger partial charge in [-0.1, -0.05) is 0 Å². The highest BCUT2D eigenvalue weighted by Gasteiger charge is 2.14. The summed E-state index contributed by atoms with van der Waals surface area (Å²) in [7, 11) is 0. The summed E-state index contributed by atoms with van der Waals surface area (Å²) in [5, 5.41) is 3.18. The molecule has 7 heteroatoms. The number of anilines is 1. The lowest BCUT2D eigenvalue weighted by atomic mass is 10.1. The van der Waals surface area contributed by atoms with Crippen molar-refractivity contribution < 1.29 is 13.9 Å². The quantitative estimate of drug-likeness (QED) is 0.690. The number of carbonyl (C=O) groups excluding carboxylic acids is 1. The molecule has 24 heavy (non-hydrogen) atoms. The van der Waals surface area contributed by atoms with E-state index >= 15 is 0 Å². The molecule has 0 atom stereocenters. The van der Waals surface area contributed by atoms with Crippen molar-refractivity contribution >= 4 is 38.6 Å². The van der Waals surface area contributed by atoms with Crippen LogP contribution in [0.25, 0.3) is 11.0 Å². The Morgan fingerprint density at radius 2 is 2.12 bits per heavy atom. The maximum absolute atomic E-state index is 12.5. The Kier molecular flexibility index (Phi) is 4.61. The van der Waals surface area contributed by atoms with Gasteiger partial charge in [0.1, 0.15) is 17.2 Å². The van der Waals surface area contributed by atoms with Crippen molar-refractivity contribution in [1.29, 1.82) is 0 Å². The van der Waals surface area contributed by atoms with Gasteiger partial charge in [0, 0.05) is 28.2 Å². The molecule has 2 heterocycles. The van der Waals surface area contributed by atoms with Crippen LogP contribution in [0.3, 0.4) is 0 Å². The summed E-state index contributed by atoms with van der Waals surface area (Å²) < 4.78 is 11.4. The zero-order chi connectivity index (χ0) is 17.1. The second kappa shape index (κ2) is 6.84. The Balaban J connectivity index is 1.99. The number of halogens is 1. The zero-order valence-corrected chi connectivity index (χ0v) is 14.3. The van der Waals surface area contributed by atoms with Gasteiger partial charge in [-0.2, -0.15) is 0 Å². The molecule has 0 aliphatic rings. The van der Waals surface area contributed by atoms with Crippen LogP contribution in [0.4, 0.5) is 5.82 Å². The van der Waals surface area contributed by atoms with Crippen LogP contribution in [0.5, 0.6) is 5.75 Å². The first-order chi connectivity index (χ1) is 11.6. The van der Waals surface area contributed by atoms with E-state index in [9.17, 15) is 9.59 Å². The first kappa shape index (κ1) is 16.2. The van der Waals surface area contributed by atoms with E-state index < -0.39 is 11.5 Å². The molecule has 0 saturated carbocycles. The largest absolute Gasteiger partial charge is 0.494 e. The van der Waals surface area contributed by atoms with Gasteiger partial charge in [-0.15, -0.1) is 0 Å². The van der Waals surface area contributed by atoms with Gasteiger partial charge in [-0.25, -0.2) is 9.78 Å². The third kappa shape index (κ3) is 3.46. The van der Waals surface area contributed by atoms with E-state index in [2.05, 4.69) is 26.2 Å². The van der Waals surface area contributed by atoms with E-state index in [4.69, 9.17) is 9.15 Å². The highest BCUT2D eigenvalue weighted by molar-refractivity contribution is 9.10. The number of pyridine rings is 1. The number of ether oxygens (including phenoxy) is 1. The maximum atomic E-state index is 12.5. The lowest BCUT2D eigenvalue weighted by molar-refractivity contribution is 0.102. The molecule has 3 rings (SSSR count). The van der Waals surface area contributed by atoms with E-state index in [-0.39, 0.29) is 5.56 Å². The molecule has 0 aliphatic carbocycles. The van der Waals surface area contributed by atoms with Crippen LogP contribution in [0.15, 0.2) is 56.3 Å². The number of hydrogen-bond acceptors (Lipinski definition) is 5. The SMILES string of the molecule is CCOc1ccc2c(C(=O)Nc3ccc(Br)cn3)cc(=O)oc2c1. The summed E-state index contributed by atoms with van der Waals surface area (Å²) in [6.45, 7) is 2.35. The number of carbonyl (C=O) groups is 1. The molecule has 0 saturated heterocycles. The van der Waals surface area contributed by atoms with Crippen LogP contribution in [0.1, 0.15) is 17.3 Å². The summed E-state index contributed by atoms with van der Waals surface area (Å²) in [4.78, 5) is 28.4. The fraction of sp³-hybridized carbons (Fsp3) is 0.118. The molecule has 0 fully saturated rings. The number of fused-ring (bicyclic) bond motifs is 1. The first-order valence-corrected chi connectivity index (χ1v) is 7.99. The molecular formula is C17H13BrN2O4. The van der Waals surface area contributed by atoms with Crippen LogP contribution in [-0.4, -0.2) is 17.5 Å². The molecule has 122 valence electrons. The molecule has 6 nitrogen and oxygen atoms in total. The van der Waals surface area contributed by atoms with Crippen LogP contribution in [-0.2, 0) is 0 Å². The number of benzene rings is 1. The van der Waals surface area contributed by atoms with Gasteiger partial charge < -0.3 is 14.5 Å². The molecule has 2 aromatic heterocycles. The summed E-state index contributed by atoms with van der Waals surface area (Å²) in [6, 6.07) is 9.58. The van der Waals surface area contributed by atoms with Gasteiger partial charge in [-0.3, -0.25) is 4.79 Å². The Hall–Kier alpha value is -2.67. The smallest absolute Gasteiger partial charge is 0.337 e. The van der Waals surface area contributed by atoms with Crippen molar-refractivity contribution in [3.8, 4) is 5.75 Å². The van der Waals surface area contributed by atoms with E-state index in [1.54, 1.807) is 36.5 Å². The van der Waals surface area contributed by atoms with Crippen molar-refractivity contribution in [2.24, 2.45) is 0 Å². The van der Waals surface area contributed by atoms with Crippen LogP contribution >= 0.6 is 15.9 Å². The Labute approximate surface area is 145 Å². The molecule has 0 aliphatic heterocycles. The normalized spacial score (nSPS) is 10.6. The third-order valence-corrected chi connectivity index (χ3v) is 3.71. The van der Waals surface area contributed by atoms with Gasteiger partial charge in [0.2, 0.25) is 0 Å². The third-order valence-electron chi connectivity index (χ3n) is 3.24. The second-order valence-electron chi connectivity index (χ2n) is 4.89. The minimum Gasteiger partial charge on any atom is -0.494 e. The van der Waals surface area contributed by atoms with Crippen LogP contribution in [0.2, 0.25) is 0 Å². The lowest BCUT2D eigenvalue weighted by Gasteiger charge is -2.08. The maximum Gasteiger partial charge on any atom is 0.337 e. The second-order valence-corrected chi connectivity index (χ2v) is 5.80. The molecule has 3 aromatic rings. The highest BCUT2D eigenvalue weighted by atomic mass is 79.9. The summed E-state index contributed by atoms with van der Waals surface area (Å²) in [5.41, 5.74) is -0.0959. The predicted molar refractivity (Wildman–Crippen MR) is 93.5 cm³/mol. The minimum atomic E-state index is -0.606. The van der Waals surface area contributed by atoms with Crippen molar-refractivity contribution in [2.45, 2.75) is 6.92 Å².